The fourth-order valence-electron chi connectivity index (χ4n) is 2.36. The van der Waals surface area contributed by atoms with Gasteiger partial charge in [0.15, 0.2) is 0 Å². The Morgan fingerprint density at radius 2 is 2.04 bits per heavy atom. The van der Waals surface area contributed by atoms with Crippen LogP contribution in [0.3, 0.4) is 0 Å². The number of nitro groups is 1. The first-order chi connectivity index (χ1) is 12.3. The summed E-state index contributed by atoms with van der Waals surface area (Å²) < 4.78 is 0. The number of likely N-dealkylation sites (N-methyl/N-ethyl adjacent to an activating group) is 1. The second kappa shape index (κ2) is 7.88. The number of nitrogens with one attached hydrogen (secondary N) is 2. The van der Waals surface area contributed by atoms with Gasteiger partial charge in [0.1, 0.15) is 11.8 Å². The molecule has 0 amide bonds. The Morgan fingerprint density at radius 3 is 2.54 bits per heavy atom. The Bertz CT molecular complexity index is 719. The number of aliphatic hydroxyl groups excluding tert-OH is 2. The van der Waals surface area contributed by atoms with Gasteiger partial charge in [-0.15, -0.1) is 0 Å². The molecule has 1 aliphatic rings. The Labute approximate surface area is 147 Å². The number of hydrogen-bond donors (Lipinski definition) is 5. The summed E-state index contributed by atoms with van der Waals surface area (Å²) in [7, 11) is 1.40. The molecule has 26 heavy (non-hydrogen) atoms. The molecule has 0 aromatic heterocycles. The van der Waals surface area contributed by atoms with Crippen LogP contribution < -0.4 is 21.1 Å². The molecule has 1 aromatic rings. The van der Waals surface area contributed by atoms with Gasteiger partial charge in [-0.3, -0.25) is 25.8 Å². The van der Waals surface area contributed by atoms with E-state index < -0.39 is 35.3 Å². The smallest absolute Gasteiger partial charge is 0.312 e. The zero-order valence-corrected chi connectivity index (χ0v) is 13.6. The highest BCUT2D eigenvalue weighted by Crippen LogP contribution is 2.23. The summed E-state index contributed by atoms with van der Waals surface area (Å²) in [6.45, 7) is -0.649. The minimum atomic E-state index is -1.36. The van der Waals surface area contributed by atoms with Gasteiger partial charge >= 0.3 is 5.70 Å². The molecule has 2 atom stereocenters. The molecule has 2 unspecified atom stereocenters. The lowest BCUT2D eigenvalue weighted by Gasteiger charge is -2.30. The van der Waals surface area contributed by atoms with Crippen LogP contribution in [0.5, 0.6) is 0 Å². The van der Waals surface area contributed by atoms with Gasteiger partial charge in [-0.2, -0.15) is 0 Å². The predicted molar refractivity (Wildman–Crippen MR) is 86.0 cm³/mol. The standard InChI is InChI=1S/C14H18N5O7/c1-17-12(11(6-15-17)19(25)26)14(22)16-10(7-20)13(21)8-2-4-9(5-3-8)18(23)24/h2-6,10,13,15-16,20-23H,7H2,1H3/q-1/p-1. The molecule has 0 spiro atoms. The molecule has 0 bridgehead atoms. The van der Waals surface area contributed by atoms with E-state index in [2.05, 4.69) is 10.7 Å². The average Bonchev–Trinajstić information content (AvgIpc) is 3.01. The number of rotatable bonds is 7. The van der Waals surface area contributed by atoms with E-state index in [-0.39, 0.29) is 22.2 Å². The molecule has 12 nitrogen and oxygen atoms in total. The summed E-state index contributed by atoms with van der Waals surface area (Å²) in [6, 6.07) is 3.96. The van der Waals surface area contributed by atoms with Crippen LogP contribution in [0.1, 0.15) is 11.7 Å². The normalized spacial score (nSPS) is 17.9. The molecule has 1 heterocycles. The minimum Gasteiger partial charge on any atom is -0.859 e. The van der Waals surface area contributed by atoms with E-state index in [4.69, 9.17) is 5.21 Å². The molecule has 5 N–H and O–H groups in total. The van der Waals surface area contributed by atoms with Crippen molar-refractivity contribution in [3.63, 3.8) is 0 Å². The number of hydrazine groups is 1. The van der Waals surface area contributed by atoms with E-state index in [1.807, 2.05) is 0 Å². The third-order valence-corrected chi connectivity index (χ3v) is 3.73. The van der Waals surface area contributed by atoms with Gasteiger partial charge in [0.05, 0.1) is 29.5 Å². The zero-order valence-electron chi connectivity index (χ0n) is 13.6. The fraction of sp³-hybridized carbons (Fsp3) is 0.286. The van der Waals surface area contributed by atoms with Crippen molar-refractivity contribution in [2.75, 3.05) is 18.9 Å². The van der Waals surface area contributed by atoms with Crippen LogP contribution in [0.15, 0.2) is 47.7 Å². The average molecular weight is 367 g/mol. The quantitative estimate of drug-likeness (QED) is 0.214. The molecule has 142 valence electrons. The number of aliphatic hydroxyl groups is 2. The maximum absolute atomic E-state index is 12.3. The van der Waals surface area contributed by atoms with Crippen LogP contribution in [-0.2, 0) is 0 Å². The van der Waals surface area contributed by atoms with Crippen molar-refractivity contribution in [3.8, 4) is 0 Å². The van der Waals surface area contributed by atoms with Crippen molar-refractivity contribution in [1.82, 2.24) is 15.8 Å². The first-order valence-corrected chi connectivity index (χ1v) is 7.34. The first-order valence-electron chi connectivity index (χ1n) is 7.34. The molecule has 2 rings (SSSR count). The van der Waals surface area contributed by atoms with Crippen LogP contribution in [-0.4, -0.2) is 45.0 Å². The lowest BCUT2D eigenvalue weighted by molar-refractivity contribution is -0.423. The van der Waals surface area contributed by atoms with E-state index in [0.29, 0.717) is 0 Å². The Kier molecular flexibility index (Phi) is 5.84. The molecule has 0 saturated carbocycles. The number of nitrogens with zero attached hydrogens (tertiary/aromatic N) is 3. The Balaban J connectivity index is 2.21. The topological polar surface area (TPSA) is 180 Å². The molecular weight excluding hydrogens is 350 g/mol. The first kappa shape index (κ1) is 19.3. The monoisotopic (exact) mass is 367 g/mol. The maximum Gasteiger partial charge on any atom is 0.312 e. The molecule has 1 aliphatic heterocycles. The van der Waals surface area contributed by atoms with Gasteiger partial charge in [0.25, 0.3) is 0 Å². The Hall–Kier alpha value is -3.06. The van der Waals surface area contributed by atoms with Crippen LogP contribution in [0.2, 0.25) is 0 Å². The minimum absolute atomic E-state index is 0.0690. The van der Waals surface area contributed by atoms with Crippen molar-refractivity contribution in [3.05, 3.63) is 68.6 Å². The molecule has 1 aromatic carbocycles. The van der Waals surface area contributed by atoms with Gasteiger partial charge in [-0.05, 0) is 23.6 Å². The SMILES string of the molecule is CN1NC=C([N+](=O)[O-])C1=C([O-])NC(CO)C(O)c1ccc(N([O-])O)cc1. The predicted octanol–water partition coefficient (Wildman–Crippen LogP) is -1.54. The molecule has 0 fully saturated rings. The van der Waals surface area contributed by atoms with E-state index >= 15 is 0 Å². The summed E-state index contributed by atoms with van der Waals surface area (Å²) in [5.74, 6) is -0.865. The van der Waals surface area contributed by atoms with E-state index in [9.17, 15) is 30.6 Å². The Morgan fingerprint density at radius 1 is 1.42 bits per heavy atom. The number of benzene rings is 1. The van der Waals surface area contributed by atoms with Gasteiger partial charge in [0, 0.05) is 7.05 Å². The summed E-state index contributed by atoms with van der Waals surface area (Å²) in [4.78, 5) is 10.2. The van der Waals surface area contributed by atoms with Crippen molar-refractivity contribution in [2.24, 2.45) is 0 Å². The van der Waals surface area contributed by atoms with Crippen LogP contribution >= 0.6 is 0 Å². The van der Waals surface area contributed by atoms with Gasteiger partial charge in [-0.1, -0.05) is 12.1 Å². The highest BCUT2D eigenvalue weighted by Gasteiger charge is 2.29. The lowest BCUT2D eigenvalue weighted by atomic mass is 10.0. The molecule has 0 aliphatic carbocycles. The van der Waals surface area contributed by atoms with Gasteiger partial charge < -0.3 is 31.1 Å². The lowest BCUT2D eigenvalue weighted by Crippen LogP contribution is -2.43. The molecule has 0 radical (unpaired) electrons. The van der Waals surface area contributed by atoms with Crippen molar-refractivity contribution in [1.29, 1.82) is 0 Å². The van der Waals surface area contributed by atoms with Crippen molar-refractivity contribution < 1.29 is 25.5 Å². The van der Waals surface area contributed by atoms with Crippen LogP contribution in [0, 0.1) is 15.3 Å². The number of anilines is 1. The van der Waals surface area contributed by atoms with Crippen molar-refractivity contribution >= 4 is 5.69 Å². The van der Waals surface area contributed by atoms with Crippen molar-refractivity contribution in [2.45, 2.75) is 12.1 Å². The second-order valence-electron chi connectivity index (χ2n) is 5.40. The van der Waals surface area contributed by atoms with Crippen LogP contribution in [0.25, 0.3) is 0 Å². The summed E-state index contributed by atoms with van der Waals surface area (Å²) in [6.07, 6.45) is -0.318. The van der Waals surface area contributed by atoms with Gasteiger partial charge in [-0.25, -0.2) is 0 Å². The summed E-state index contributed by atoms with van der Waals surface area (Å²) >= 11 is 0. The highest BCUT2D eigenvalue weighted by atomic mass is 16.8. The zero-order chi connectivity index (χ0) is 19.4. The number of hydrogen-bond acceptors (Lipinski definition) is 11. The molecule has 0 saturated heterocycles. The third kappa shape index (κ3) is 3.94. The summed E-state index contributed by atoms with van der Waals surface area (Å²) in [5, 5.41) is 65.8. The van der Waals surface area contributed by atoms with E-state index in [1.54, 1.807) is 0 Å². The highest BCUT2D eigenvalue weighted by molar-refractivity contribution is 5.46. The van der Waals surface area contributed by atoms with E-state index in [0.717, 1.165) is 11.2 Å². The van der Waals surface area contributed by atoms with E-state index in [1.165, 1.54) is 31.3 Å². The fourth-order valence-corrected chi connectivity index (χ4v) is 2.36. The maximum atomic E-state index is 12.3. The molecular formula is C14H17N5O7-2. The largest absolute Gasteiger partial charge is 0.859 e. The molecule has 12 heteroatoms. The second-order valence-corrected chi connectivity index (χ2v) is 5.40. The summed E-state index contributed by atoms with van der Waals surface area (Å²) in [5.41, 5.74) is 1.94. The third-order valence-electron chi connectivity index (χ3n) is 3.73. The van der Waals surface area contributed by atoms with Gasteiger partial charge in [0.2, 0.25) is 0 Å². The van der Waals surface area contributed by atoms with Crippen LogP contribution in [0.4, 0.5) is 5.69 Å².